The molecule has 3 nitrogen and oxygen atoms in total. The lowest BCUT2D eigenvalue weighted by atomic mass is 9.86. The minimum absolute atomic E-state index is 0.294. The molecule has 0 aliphatic carbocycles. The van der Waals surface area contributed by atoms with Crippen LogP contribution in [0.5, 0.6) is 0 Å². The minimum Gasteiger partial charge on any atom is -0.322 e. The van der Waals surface area contributed by atoms with Gasteiger partial charge in [-0.15, -0.1) is 0 Å². The summed E-state index contributed by atoms with van der Waals surface area (Å²) in [5, 5.41) is 11.8. The average molecular weight is 408 g/mol. The Labute approximate surface area is 142 Å². The van der Waals surface area contributed by atoms with E-state index in [4.69, 9.17) is 5.26 Å². The van der Waals surface area contributed by atoms with Crippen LogP contribution in [0.3, 0.4) is 0 Å². The van der Waals surface area contributed by atoms with E-state index in [0.717, 1.165) is 5.56 Å². The van der Waals surface area contributed by atoms with Gasteiger partial charge in [-0.2, -0.15) is 5.26 Å². The topological polar surface area (TPSA) is 52.9 Å². The number of benzene rings is 2. The molecular formula is C17H14FIN2O. The monoisotopic (exact) mass is 408 g/mol. The van der Waals surface area contributed by atoms with Crippen LogP contribution in [0.15, 0.2) is 42.5 Å². The first kappa shape index (κ1) is 16.4. The molecule has 0 atom stereocenters. The van der Waals surface area contributed by atoms with Crippen molar-refractivity contribution in [2.75, 3.05) is 5.32 Å². The summed E-state index contributed by atoms with van der Waals surface area (Å²) in [6.45, 7) is 3.66. The molecule has 1 N–H and O–H groups in total. The van der Waals surface area contributed by atoms with Crippen molar-refractivity contribution >= 4 is 34.2 Å². The first-order valence-corrected chi connectivity index (χ1v) is 7.69. The maximum Gasteiger partial charge on any atom is 0.256 e. The zero-order valence-corrected chi connectivity index (χ0v) is 14.3. The number of halogens is 2. The van der Waals surface area contributed by atoms with Crippen LogP contribution in [0.25, 0.3) is 0 Å². The number of hydrogen-bond acceptors (Lipinski definition) is 2. The van der Waals surface area contributed by atoms with E-state index in [2.05, 4.69) is 11.4 Å². The number of nitrogens with one attached hydrogen (secondary N) is 1. The predicted octanol–water partition coefficient (Wildman–Crippen LogP) is 4.48. The molecule has 2 aromatic carbocycles. The van der Waals surface area contributed by atoms with Gasteiger partial charge in [0.05, 0.1) is 17.0 Å². The summed E-state index contributed by atoms with van der Waals surface area (Å²) in [7, 11) is 0. The van der Waals surface area contributed by atoms with E-state index in [-0.39, 0.29) is 5.91 Å². The van der Waals surface area contributed by atoms with Gasteiger partial charge in [-0.3, -0.25) is 4.79 Å². The summed E-state index contributed by atoms with van der Waals surface area (Å²) in [6, 6.07) is 13.4. The van der Waals surface area contributed by atoms with Crippen molar-refractivity contribution in [1.29, 1.82) is 5.26 Å². The van der Waals surface area contributed by atoms with Crippen LogP contribution in [0, 0.1) is 20.7 Å². The molecule has 0 spiro atoms. The van der Waals surface area contributed by atoms with Crippen LogP contribution in [-0.4, -0.2) is 5.91 Å². The molecule has 0 fully saturated rings. The maximum atomic E-state index is 13.3. The third-order valence-corrected chi connectivity index (χ3v) is 4.26. The Bertz CT molecular complexity index is 748. The lowest BCUT2D eigenvalue weighted by Crippen LogP contribution is -2.15. The predicted molar refractivity (Wildman–Crippen MR) is 92.2 cm³/mol. The zero-order chi connectivity index (χ0) is 16.3. The van der Waals surface area contributed by atoms with Crippen molar-refractivity contribution < 1.29 is 9.18 Å². The summed E-state index contributed by atoms with van der Waals surface area (Å²) >= 11 is 1.99. The Balaban J connectivity index is 2.19. The Morgan fingerprint density at radius 3 is 2.45 bits per heavy atom. The van der Waals surface area contributed by atoms with Crippen molar-refractivity contribution in [3.8, 4) is 6.07 Å². The molecule has 0 radical (unpaired) electrons. The number of carbonyl (C=O) groups is 1. The van der Waals surface area contributed by atoms with E-state index < -0.39 is 11.2 Å². The molecule has 22 heavy (non-hydrogen) atoms. The molecule has 2 aromatic rings. The van der Waals surface area contributed by atoms with Gasteiger partial charge in [0.1, 0.15) is 5.82 Å². The number of hydrogen-bond donors (Lipinski definition) is 1. The molecular weight excluding hydrogens is 394 g/mol. The van der Waals surface area contributed by atoms with Crippen LogP contribution >= 0.6 is 22.6 Å². The van der Waals surface area contributed by atoms with Crippen molar-refractivity contribution in [3.05, 3.63) is 63.0 Å². The summed E-state index contributed by atoms with van der Waals surface area (Å²) < 4.78 is 13.9. The van der Waals surface area contributed by atoms with Gasteiger partial charge in [-0.1, -0.05) is 12.1 Å². The molecule has 112 valence electrons. The summed E-state index contributed by atoms with van der Waals surface area (Å²) in [6.07, 6.45) is 0. The molecule has 0 unspecified atom stereocenters. The Kier molecular flexibility index (Phi) is 4.81. The second-order valence-corrected chi connectivity index (χ2v) is 6.55. The third-order valence-electron chi connectivity index (χ3n) is 3.32. The molecule has 0 saturated heterocycles. The smallest absolute Gasteiger partial charge is 0.256 e. The highest BCUT2D eigenvalue weighted by Crippen LogP contribution is 2.24. The number of carbonyl (C=O) groups excluding carboxylic acids is 1. The number of anilines is 1. The Hall–Kier alpha value is -1.94. The van der Waals surface area contributed by atoms with Gasteiger partial charge in [-0.05, 0) is 72.3 Å². The quantitative estimate of drug-likeness (QED) is 0.762. The largest absolute Gasteiger partial charge is 0.322 e. The second-order valence-electron chi connectivity index (χ2n) is 5.39. The second kappa shape index (κ2) is 6.44. The SMILES string of the molecule is CC(C)(C#N)c1ccc(NC(=O)c2cc(F)ccc2I)cc1. The van der Waals surface area contributed by atoms with E-state index in [9.17, 15) is 9.18 Å². The Morgan fingerprint density at radius 2 is 1.86 bits per heavy atom. The van der Waals surface area contributed by atoms with Crippen LogP contribution < -0.4 is 5.32 Å². The minimum atomic E-state index is -0.583. The maximum absolute atomic E-state index is 13.3. The van der Waals surface area contributed by atoms with Crippen LogP contribution in [0.2, 0.25) is 0 Å². The molecule has 0 saturated carbocycles. The lowest BCUT2D eigenvalue weighted by Gasteiger charge is -2.16. The number of rotatable bonds is 3. The molecule has 0 bridgehead atoms. The molecule has 0 heterocycles. The number of nitriles is 1. The first-order chi connectivity index (χ1) is 10.3. The van der Waals surface area contributed by atoms with Crippen molar-refractivity contribution in [1.82, 2.24) is 0 Å². The van der Waals surface area contributed by atoms with Gasteiger partial charge in [0.2, 0.25) is 0 Å². The van der Waals surface area contributed by atoms with Gasteiger partial charge in [-0.25, -0.2) is 4.39 Å². The van der Waals surface area contributed by atoms with Gasteiger partial charge in [0.25, 0.3) is 5.91 Å². The third kappa shape index (κ3) is 3.63. The van der Waals surface area contributed by atoms with Gasteiger partial charge >= 0.3 is 0 Å². The molecule has 5 heteroatoms. The van der Waals surface area contributed by atoms with Crippen molar-refractivity contribution in [2.24, 2.45) is 0 Å². The van der Waals surface area contributed by atoms with Gasteiger partial charge < -0.3 is 5.32 Å². The van der Waals surface area contributed by atoms with Gasteiger partial charge in [0, 0.05) is 9.26 Å². The molecule has 1 amide bonds. The van der Waals surface area contributed by atoms with E-state index in [1.54, 1.807) is 30.3 Å². The number of nitrogens with zero attached hydrogens (tertiary/aromatic N) is 1. The number of amides is 1. The van der Waals surface area contributed by atoms with Crippen LogP contribution in [0.4, 0.5) is 10.1 Å². The van der Waals surface area contributed by atoms with Crippen LogP contribution in [-0.2, 0) is 5.41 Å². The average Bonchev–Trinajstić information content (AvgIpc) is 2.50. The van der Waals surface area contributed by atoms with Crippen molar-refractivity contribution in [2.45, 2.75) is 19.3 Å². The standard InChI is InChI=1S/C17H14FIN2O/c1-17(2,10-20)11-3-6-13(7-4-11)21-16(22)14-9-12(18)5-8-15(14)19/h3-9H,1-2H3,(H,21,22). The molecule has 0 aliphatic rings. The van der Waals surface area contributed by atoms with Gasteiger partial charge in [0.15, 0.2) is 0 Å². The normalized spacial score (nSPS) is 10.9. The highest BCUT2D eigenvalue weighted by Gasteiger charge is 2.19. The molecule has 0 aliphatic heterocycles. The van der Waals surface area contributed by atoms with E-state index in [0.29, 0.717) is 14.8 Å². The Morgan fingerprint density at radius 1 is 1.23 bits per heavy atom. The summed E-state index contributed by atoms with van der Waals surface area (Å²) in [5.41, 5.74) is 1.18. The summed E-state index contributed by atoms with van der Waals surface area (Å²) in [4.78, 5) is 12.2. The van der Waals surface area contributed by atoms with E-state index in [1.165, 1.54) is 12.1 Å². The molecule has 0 aromatic heterocycles. The summed E-state index contributed by atoms with van der Waals surface area (Å²) in [5.74, 6) is -0.812. The highest BCUT2D eigenvalue weighted by atomic mass is 127. The van der Waals surface area contributed by atoms with E-state index >= 15 is 0 Å². The van der Waals surface area contributed by atoms with Crippen molar-refractivity contribution in [3.63, 3.8) is 0 Å². The zero-order valence-electron chi connectivity index (χ0n) is 12.2. The first-order valence-electron chi connectivity index (χ1n) is 6.62. The van der Waals surface area contributed by atoms with E-state index in [1.807, 2.05) is 36.4 Å². The fraction of sp³-hybridized carbons (Fsp3) is 0.176. The fourth-order valence-corrected chi connectivity index (χ4v) is 2.49. The van der Waals surface area contributed by atoms with Crippen LogP contribution in [0.1, 0.15) is 29.8 Å². The lowest BCUT2D eigenvalue weighted by molar-refractivity contribution is 0.102. The molecule has 2 rings (SSSR count). The fourth-order valence-electron chi connectivity index (χ4n) is 1.90. The highest BCUT2D eigenvalue weighted by molar-refractivity contribution is 14.1.